The van der Waals surface area contributed by atoms with Crippen molar-refractivity contribution in [1.29, 1.82) is 0 Å². The molecule has 0 N–H and O–H groups in total. The zero-order chi connectivity index (χ0) is 12.5. The number of thioether (sulfide) groups is 1. The Morgan fingerprint density at radius 3 is 2.83 bits per heavy atom. The van der Waals surface area contributed by atoms with Crippen molar-refractivity contribution in [2.45, 2.75) is 16.9 Å². The van der Waals surface area contributed by atoms with Crippen LogP contribution in [0, 0.1) is 0 Å². The Labute approximate surface area is 116 Å². The Balaban J connectivity index is 2.14. The van der Waals surface area contributed by atoms with E-state index in [4.69, 9.17) is 16.3 Å². The first kappa shape index (κ1) is 11.9. The second-order valence-electron chi connectivity index (χ2n) is 4.25. The van der Waals surface area contributed by atoms with Gasteiger partial charge in [-0.3, -0.25) is 0 Å². The number of halogens is 1. The predicted octanol–water partition coefficient (Wildman–Crippen LogP) is 4.63. The van der Waals surface area contributed by atoms with Crippen molar-refractivity contribution in [3.05, 3.63) is 59.2 Å². The van der Waals surface area contributed by atoms with Gasteiger partial charge >= 0.3 is 0 Å². The zero-order valence-corrected chi connectivity index (χ0v) is 11.6. The quantitative estimate of drug-likeness (QED) is 0.555. The topological polar surface area (TPSA) is 9.23 Å². The summed E-state index contributed by atoms with van der Waals surface area (Å²) in [6, 6.07) is 14.4. The molecule has 0 fully saturated rings. The Bertz CT molecular complexity index is 582. The summed E-state index contributed by atoms with van der Waals surface area (Å²) in [7, 11) is 0. The molecule has 0 aliphatic carbocycles. The fourth-order valence-electron chi connectivity index (χ4n) is 2.22. The molecule has 3 heteroatoms. The molecule has 1 nitrogen and oxygen atoms in total. The SMILES string of the molecule is CSc1ccc2c(c1)C(Cl)c1ccccc1CO2. The Morgan fingerprint density at radius 1 is 1.17 bits per heavy atom. The van der Waals surface area contributed by atoms with Gasteiger partial charge in [0.15, 0.2) is 0 Å². The van der Waals surface area contributed by atoms with E-state index in [1.54, 1.807) is 11.8 Å². The molecule has 1 unspecified atom stereocenters. The molecule has 1 heterocycles. The molecule has 2 aromatic rings. The van der Waals surface area contributed by atoms with Crippen molar-refractivity contribution in [3.8, 4) is 5.75 Å². The molecule has 1 aliphatic heterocycles. The molecule has 0 amide bonds. The van der Waals surface area contributed by atoms with Crippen LogP contribution in [0.5, 0.6) is 5.75 Å². The molecule has 0 spiro atoms. The van der Waals surface area contributed by atoms with Crippen LogP contribution in [0.4, 0.5) is 0 Å². The maximum atomic E-state index is 6.62. The Morgan fingerprint density at radius 2 is 2.00 bits per heavy atom. The summed E-state index contributed by atoms with van der Waals surface area (Å²) in [5.74, 6) is 0.893. The average molecular weight is 277 g/mol. The minimum Gasteiger partial charge on any atom is -0.489 e. The molecule has 0 bridgehead atoms. The second kappa shape index (κ2) is 4.87. The monoisotopic (exact) mass is 276 g/mol. The van der Waals surface area contributed by atoms with Crippen molar-refractivity contribution >= 4 is 23.4 Å². The molecule has 3 rings (SSSR count). The highest BCUT2D eigenvalue weighted by Gasteiger charge is 2.22. The summed E-state index contributed by atoms with van der Waals surface area (Å²) in [4.78, 5) is 1.21. The van der Waals surface area contributed by atoms with E-state index in [2.05, 4.69) is 30.5 Å². The van der Waals surface area contributed by atoms with Gasteiger partial charge in [-0.15, -0.1) is 23.4 Å². The minimum absolute atomic E-state index is 0.134. The first-order chi connectivity index (χ1) is 8.79. The van der Waals surface area contributed by atoms with Crippen molar-refractivity contribution < 1.29 is 4.74 Å². The highest BCUT2D eigenvalue weighted by Crippen LogP contribution is 2.41. The van der Waals surface area contributed by atoms with E-state index >= 15 is 0 Å². The van der Waals surface area contributed by atoms with Crippen LogP contribution in [0.2, 0.25) is 0 Å². The van der Waals surface area contributed by atoms with Gasteiger partial charge in [0, 0.05) is 10.5 Å². The lowest BCUT2D eigenvalue weighted by molar-refractivity contribution is 0.306. The highest BCUT2D eigenvalue weighted by atomic mass is 35.5. The minimum atomic E-state index is -0.134. The van der Waals surface area contributed by atoms with Crippen LogP contribution in [0.3, 0.4) is 0 Å². The van der Waals surface area contributed by atoms with Gasteiger partial charge in [-0.25, -0.2) is 0 Å². The molecule has 18 heavy (non-hydrogen) atoms. The predicted molar refractivity (Wildman–Crippen MR) is 76.7 cm³/mol. The van der Waals surface area contributed by atoms with Crippen LogP contribution >= 0.6 is 23.4 Å². The summed E-state index contributed by atoms with van der Waals surface area (Å²) in [5.41, 5.74) is 3.38. The standard InChI is InChI=1S/C15H13ClOS/c1-18-11-6-7-14-13(8-11)15(16)12-5-3-2-4-10(12)9-17-14/h2-8,15H,9H2,1H3. The molecule has 0 saturated carbocycles. The number of hydrogen-bond acceptors (Lipinski definition) is 2. The second-order valence-corrected chi connectivity index (χ2v) is 5.57. The van der Waals surface area contributed by atoms with Crippen molar-refractivity contribution in [3.63, 3.8) is 0 Å². The molecule has 92 valence electrons. The fraction of sp³-hybridized carbons (Fsp3) is 0.200. The van der Waals surface area contributed by atoms with Crippen LogP contribution < -0.4 is 4.74 Å². The third kappa shape index (κ3) is 2.00. The lowest BCUT2D eigenvalue weighted by Crippen LogP contribution is -1.95. The first-order valence-electron chi connectivity index (χ1n) is 5.82. The van der Waals surface area contributed by atoms with Gasteiger partial charge in [0.1, 0.15) is 12.4 Å². The number of rotatable bonds is 1. The summed E-state index contributed by atoms with van der Waals surface area (Å²) >= 11 is 8.34. The summed E-state index contributed by atoms with van der Waals surface area (Å²) in [6.07, 6.45) is 2.07. The molecule has 0 radical (unpaired) electrons. The van der Waals surface area contributed by atoms with Gasteiger partial charge in [-0.1, -0.05) is 24.3 Å². The Kier molecular flexibility index (Phi) is 3.23. The van der Waals surface area contributed by atoms with E-state index < -0.39 is 0 Å². The van der Waals surface area contributed by atoms with Crippen molar-refractivity contribution in [2.24, 2.45) is 0 Å². The molecule has 2 aromatic carbocycles. The number of alkyl halides is 1. The first-order valence-corrected chi connectivity index (χ1v) is 7.48. The highest BCUT2D eigenvalue weighted by molar-refractivity contribution is 7.98. The van der Waals surface area contributed by atoms with E-state index in [1.165, 1.54) is 10.5 Å². The number of fused-ring (bicyclic) bond motifs is 2. The van der Waals surface area contributed by atoms with Gasteiger partial charge in [-0.05, 0) is 35.6 Å². The van der Waals surface area contributed by atoms with E-state index in [9.17, 15) is 0 Å². The lowest BCUT2D eigenvalue weighted by atomic mass is 10.0. The van der Waals surface area contributed by atoms with Crippen LogP contribution in [-0.4, -0.2) is 6.26 Å². The smallest absolute Gasteiger partial charge is 0.124 e. The number of ether oxygens (including phenoxy) is 1. The molecule has 1 aliphatic rings. The van der Waals surface area contributed by atoms with Gasteiger partial charge in [-0.2, -0.15) is 0 Å². The van der Waals surface area contributed by atoms with Crippen LogP contribution in [0.1, 0.15) is 22.1 Å². The third-order valence-corrected chi connectivity index (χ3v) is 4.40. The number of benzene rings is 2. The van der Waals surface area contributed by atoms with Crippen LogP contribution in [-0.2, 0) is 6.61 Å². The van der Waals surface area contributed by atoms with Gasteiger partial charge in [0.05, 0.1) is 5.38 Å². The van der Waals surface area contributed by atoms with Gasteiger partial charge in [0.25, 0.3) is 0 Å². The van der Waals surface area contributed by atoms with E-state index in [0.717, 1.165) is 16.9 Å². The molecule has 0 saturated heterocycles. The largest absolute Gasteiger partial charge is 0.489 e. The van der Waals surface area contributed by atoms with Crippen molar-refractivity contribution in [1.82, 2.24) is 0 Å². The summed E-state index contributed by atoms with van der Waals surface area (Å²) < 4.78 is 5.85. The molecular formula is C15H13ClOS. The maximum absolute atomic E-state index is 6.62. The van der Waals surface area contributed by atoms with Crippen LogP contribution in [0.15, 0.2) is 47.4 Å². The fourth-order valence-corrected chi connectivity index (χ4v) is 3.05. The third-order valence-electron chi connectivity index (χ3n) is 3.20. The molecule has 1 atom stereocenters. The molecular weight excluding hydrogens is 264 g/mol. The normalized spacial score (nSPS) is 17.3. The average Bonchev–Trinajstić information content (AvgIpc) is 2.57. The zero-order valence-electron chi connectivity index (χ0n) is 10.0. The lowest BCUT2D eigenvalue weighted by Gasteiger charge is -2.12. The maximum Gasteiger partial charge on any atom is 0.124 e. The summed E-state index contributed by atoms with van der Waals surface area (Å²) in [6.45, 7) is 0.588. The van der Waals surface area contributed by atoms with Crippen LogP contribution in [0.25, 0.3) is 0 Å². The van der Waals surface area contributed by atoms with Crippen molar-refractivity contribution in [2.75, 3.05) is 6.26 Å². The van der Waals surface area contributed by atoms with E-state index in [0.29, 0.717) is 6.61 Å². The number of hydrogen-bond donors (Lipinski definition) is 0. The van der Waals surface area contributed by atoms with E-state index in [-0.39, 0.29) is 5.38 Å². The van der Waals surface area contributed by atoms with E-state index in [1.807, 2.05) is 18.2 Å². The Hall–Kier alpha value is -1.12. The van der Waals surface area contributed by atoms with Gasteiger partial charge in [0.2, 0.25) is 0 Å². The summed E-state index contributed by atoms with van der Waals surface area (Å²) in [5, 5.41) is -0.134. The van der Waals surface area contributed by atoms with Gasteiger partial charge < -0.3 is 4.74 Å². The molecule has 0 aromatic heterocycles.